The average molecular weight is 360 g/mol. The Labute approximate surface area is 150 Å². The topological polar surface area (TPSA) is 62.7 Å². The number of hydrogen-bond donors (Lipinski definition) is 2. The molecule has 0 atom stereocenters. The number of anilines is 3. The minimum atomic E-state index is 0.453. The second-order valence-electron chi connectivity index (χ2n) is 5.08. The largest absolute Gasteiger partial charge is 0.353 e. The van der Waals surface area contributed by atoms with Gasteiger partial charge in [-0.25, -0.2) is 0 Å². The summed E-state index contributed by atoms with van der Waals surface area (Å²) in [5, 5.41) is 15.3. The van der Waals surface area contributed by atoms with Crippen LogP contribution in [0.3, 0.4) is 0 Å². The van der Waals surface area contributed by atoms with Crippen LogP contribution in [0.5, 0.6) is 0 Å². The van der Waals surface area contributed by atoms with Crippen molar-refractivity contribution in [2.75, 3.05) is 17.2 Å². The van der Waals surface area contributed by atoms with Crippen LogP contribution in [-0.2, 0) is 6.42 Å². The lowest BCUT2D eigenvalue weighted by atomic mass is 10.1. The maximum Gasteiger partial charge on any atom is 0.244 e. The van der Waals surface area contributed by atoms with E-state index in [1.54, 1.807) is 18.2 Å². The summed E-state index contributed by atoms with van der Waals surface area (Å²) in [6, 6.07) is 15.4. The van der Waals surface area contributed by atoms with Gasteiger partial charge in [0.25, 0.3) is 0 Å². The van der Waals surface area contributed by atoms with Crippen LogP contribution in [-0.4, -0.2) is 21.7 Å². The fourth-order valence-electron chi connectivity index (χ4n) is 2.13. The molecule has 0 fully saturated rings. The SMILES string of the molecule is Clc1ccc(Cl)c(Nc2cnnc(NCCc3ccccc3)n2)c1. The number of halogens is 2. The monoisotopic (exact) mass is 359 g/mol. The normalized spacial score (nSPS) is 10.4. The van der Waals surface area contributed by atoms with Gasteiger partial charge in [0.2, 0.25) is 5.95 Å². The van der Waals surface area contributed by atoms with Crippen LogP contribution >= 0.6 is 23.2 Å². The van der Waals surface area contributed by atoms with E-state index in [-0.39, 0.29) is 0 Å². The maximum atomic E-state index is 6.14. The Kier molecular flexibility index (Phi) is 5.46. The summed E-state index contributed by atoms with van der Waals surface area (Å²) in [4.78, 5) is 4.37. The highest BCUT2D eigenvalue weighted by atomic mass is 35.5. The summed E-state index contributed by atoms with van der Waals surface area (Å²) in [6.45, 7) is 0.715. The van der Waals surface area contributed by atoms with E-state index < -0.39 is 0 Å². The van der Waals surface area contributed by atoms with E-state index in [1.165, 1.54) is 11.8 Å². The number of rotatable bonds is 6. The molecule has 0 amide bonds. The van der Waals surface area contributed by atoms with E-state index in [1.807, 2.05) is 18.2 Å². The molecular weight excluding hydrogens is 345 g/mol. The van der Waals surface area contributed by atoms with E-state index in [0.717, 1.165) is 6.42 Å². The van der Waals surface area contributed by atoms with Crippen LogP contribution in [0.15, 0.2) is 54.7 Å². The molecule has 0 aliphatic carbocycles. The van der Waals surface area contributed by atoms with Gasteiger partial charge in [-0.05, 0) is 30.2 Å². The van der Waals surface area contributed by atoms with Crippen molar-refractivity contribution in [2.45, 2.75) is 6.42 Å². The lowest BCUT2D eigenvalue weighted by molar-refractivity contribution is 0.929. The van der Waals surface area contributed by atoms with Gasteiger partial charge in [-0.15, -0.1) is 5.10 Å². The second kappa shape index (κ2) is 7.95. The molecule has 24 heavy (non-hydrogen) atoms. The molecule has 2 aromatic carbocycles. The summed E-state index contributed by atoms with van der Waals surface area (Å²) in [5.41, 5.74) is 1.91. The summed E-state index contributed by atoms with van der Waals surface area (Å²) in [7, 11) is 0. The molecule has 122 valence electrons. The van der Waals surface area contributed by atoms with Crippen molar-refractivity contribution in [1.82, 2.24) is 15.2 Å². The number of benzene rings is 2. The molecule has 0 unspecified atom stereocenters. The van der Waals surface area contributed by atoms with Crippen molar-refractivity contribution in [3.63, 3.8) is 0 Å². The molecule has 7 heteroatoms. The number of nitrogens with zero attached hydrogens (tertiary/aromatic N) is 3. The molecule has 1 heterocycles. The van der Waals surface area contributed by atoms with Gasteiger partial charge in [-0.3, -0.25) is 0 Å². The van der Waals surface area contributed by atoms with E-state index in [9.17, 15) is 0 Å². The van der Waals surface area contributed by atoms with Gasteiger partial charge in [-0.1, -0.05) is 53.5 Å². The van der Waals surface area contributed by atoms with Gasteiger partial charge in [0.1, 0.15) is 0 Å². The Bertz CT molecular complexity index is 811. The van der Waals surface area contributed by atoms with Crippen LogP contribution in [0.25, 0.3) is 0 Å². The lowest BCUT2D eigenvalue weighted by Crippen LogP contribution is -2.09. The standard InChI is InChI=1S/C17H15Cl2N5/c18-13-6-7-14(19)15(10-13)22-16-11-21-24-17(23-16)20-9-8-12-4-2-1-3-5-12/h1-7,10-11H,8-9H2,(H2,20,22,23,24). The molecule has 0 saturated carbocycles. The summed E-state index contributed by atoms with van der Waals surface area (Å²) in [6.07, 6.45) is 2.40. The zero-order valence-corrected chi connectivity index (χ0v) is 14.2. The van der Waals surface area contributed by atoms with Gasteiger partial charge < -0.3 is 10.6 Å². The predicted octanol–water partition coefficient (Wildman–Crippen LogP) is 4.58. The number of nitrogens with one attached hydrogen (secondary N) is 2. The Balaban J connectivity index is 1.62. The van der Waals surface area contributed by atoms with Crippen LogP contribution in [0.2, 0.25) is 10.0 Å². The smallest absolute Gasteiger partial charge is 0.244 e. The summed E-state index contributed by atoms with van der Waals surface area (Å²) < 4.78 is 0. The number of aromatic nitrogens is 3. The molecular formula is C17H15Cl2N5. The third kappa shape index (κ3) is 4.57. The van der Waals surface area contributed by atoms with Crippen LogP contribution in [0, 0.1) is 0 Å². The van der Waals surface area contributed by atoms with Crippen molar-refractivity contribution in [1.29, 1.82) is 0 Å². The first-order chi connectivity index (χ1) is 11.7. The van der Waals surface area contributed by atoms with Crippen molar-refractivity contribution in [2.24, 2.45) is 0 Å². The van der Waals surface area contributed by atoms with Gasteiger partial charge in [0.05, 0.1) is 16.9 Å². The zero-order chi connectivity index (χ0) is 16.8. The second-order valence-corrected chi connectivity index (χ2v) is 5.92. The molecule has 1 aromatic heterocycles. The quantitative estimate of drug-likeness (QED) is 0.674. The number of hydrogen-bond acceptors (Lipinski definition) is 5. The van der Waals surface area contributed by atoms with Crippen molar-refractivity contribution in [3.8, 4) is 0 Å². The van der Waals surface area contributed by atoms with E-state index in [0.29, 0.717) is 34.0 Å². The maximum absolute atomic E-state index is 6.14. The highest BCUT2D eigenvalue weighted by molar-refractivity contribution is 6.35. The molecule has 3 rings (SSSR count). The molecule has 0 radical (unpaired) electrons. The highest BCUT2D eigenvalue weighted by Gasteiger charge is 2.05. The Morgan fingerprint density at radius 2 is 1.83 bits per heavy atom. The minimum absolute atomic E-state index is 0.453. The highest BCUT2D eigenvalue weighted by Crippen LogP contribution is 2.27. The predicted molar refractivity (Wildman–Crippen MR) is 98.2 cm³/mol. The summed E-state index contributed by atoms with van der Waals surface area (Å²) in [5.74, 6) is 0.991. The van der Waals surface area contributed by atoms with Crippen LogP contribution in [0.4, 0.5) is 17.5 Å². The Morgan fingerprint density at radius 3 is 2.67 bits per heavy atom. The van der Waals surface area contributed by atoms with Gasteiger partial charge >= 0.3 is 0 Å². The Hall–Kier alpha value is -2.37. The minimum Gasteiger partial charge on any atom is -0.353 e. The fourth-order valence-corrected chi connectivity index (χ4v) is 2.47. The first-order valence-corrected chi connectivity index (χ1v) is 8.16. The van der Waals surface area contributed by atoms with Gasteiger partial charge in [-0.2, -0.15) is 10.1 Å². The fraction of sp³-hybridized carbons (Fsp3) is 0.118. The van der Waals surface area contributed by atoms with Gasteiger partial charge in [0.15, 0.2) is 5.82 Å². The first-order valence-electron chi connectivity index (χ1n) is 7.40. The molecule has 0 aliphatic heterocycles. The average Bonchev–Trinajstić information content (AvgIpc) is 2.60. The van der Waals surface area contributed by atoms with E-state index >= 15 is 0 Å². The lowest BCUT2D eigenvalue weighted by Gasteiger charge is -2.09. The third-order valence-corrected chi connectivity index (χ3v) is 3.85. The zero-order valence-electron chi connectivity index (χ0n) is 12.7. The van der Waals surface area contributed by atoms with Crippen LogP contribution in [0.1, 0.15) is 5.56 Å². The van der Waals surface area contributed by atoms with Crippen LogP contribution < -0.4 is 10.6 Å². The summed E-state index contributed by atoms with van der Waals surface area (Å²) >= 11 is 12.1. The van der Waals surface area contributed by atoms with E-state index in [4.69, 9.17) is 23.2 Å². The molecule has 2 N–H and O–H groups in total. The van der Waals surface area contributed by atoms with E-state index in [2.05, 4.69) is 37.9 Å². The molecule has 0 saturated heterocycles. The molecule has 0 bridgehead atoms. The molecule has 3 aromatic rings. The molecule has 5 nitrogen and oxygen atoms in total. The Morgan fingerprint density at radius 1 is 1.00 bits per heavy atom. The first kappa shape index (κ1) is 16.5. The third-order valence-electron chi connectivity index (χ3n) is 3.29. The molecule has 0 spiro atoms. The van der Waals surface area contributed by atoms with Gasteiger partial charge in [0, 0.05) is 11.6 Å². The van der Waals surface area contributed by atoms with Crippen molar-refractivity contribution < 1.29 is 0 Å². The molecule has 0 aliphatic rings. The van der Waals surface area contributed by atoms with Crippen molar-refractivity contribution in [3.05, 3.63) is 70.3 Å². The van der Waals surface area contributed by atoms with Crippen molar-refractivity contribution >= 4 is 40.7 Å².